The van der Waals surface area contributed by atoms with Crippen LogP contribution in [0.1, 0.15) is 18.4 Å². The van der Waals surface area contributed by atoms with Crippen molar-refractivity contribution < 1.29 is 18.8 Å². The fourth-order valence-corrected chi connectivity index (χ4v) is 4.20. The zero-order valence-electron chi connectivity index (χ0n) is 17.1. The number of nitrogens with one attached hydrogen (secondary N) is 2. The number of piperidine rings is 1. The Hall–Kier alpha value is -3.26. The van der Waals surface area contributed by atoms with Crippen molar-refractivity contribution in [2.45, 2.75) is 31.3 Å². The summed E-state index contributed by atoms with van der Waals surface area (Å²) in [4.78, 5) is 41.5. The lowest BCUT2D eigenvalue weighted by Gasteiger charge is -2.46. The molecule has 2 saturated heterocycles. The highest BCUT2D eigenvalue weighted by Crippen LogP contribution is 2.25. The summed E-state index contributed by atoms with van der Waals surface area (Å²) in [7, 11) is 0. The number of benzene rings is 2. The van der Waals surface area contributed by atoms with E-state index in [0.717, 1.165) is 12.0 Å². The topological polar surface area (TPSA) is 81.8 Å². The number of fused-ring (bicyclic) bond motifs is 1. The lowest BCUT2D eigenvalue weighted by atomic mass is 9.93. The van der Waals surface area contributed by atoms with Crippen molar-refractivity contribution in [1.82, 2.24) is 15.1 Å². The molecule has 0 saturated carbocycles. The standard InChI is InChI=1S/C23H25FN4O3/c24-17-9-4-5-10-18(17)26-20(29)15-28-19-11-6-13-25-21(19)22(30)27(23(28)31)14-12-16-7-2-1-3-8-16/h1-5,7-10,19,21,25H,6,11-15H2,(H,26,29). The third-order valence-electron chi connectivity index (χ3n) is 5.76. The van der Waals surface area contributed by atoms with E-state index in [1.54, 1.807) is 6.07 Å². The van der Waals surface area contributed by atoms with Gasteiger partial charge in [0.15, 0.2) is 0 Å². The van der Waals surface area contributed by atoms with Gasteiger partial charge in [-0.1, -0.05) is 42.5 Å². The van der Waals surface area contributed by atoms with E-state index >= 15 is 0 Å². The molecule has 162 valence electrons. The van der Waals surface area contributed by atoms with Gasteiger partial charge in [-0.05, 0) is 43.5 Å². The third-order valence-corrected chi connectivity index (χ3v) is 5.76. The maximum atomic E-state index is 13.9. The number of para-hydroxylation sites is 1. The highest BCUT2D eigenvalue weighted by molar-refractivity contribution is 6.03. The molecule has 2 aromatic rings. The molecule has 2 aromatic carbocycles. The third kappa shape index (κ3) is 4.59. The molecule has 0 spiro atoms. The lowest BCUT2D eigenvalue weighted by Crippen LogP contribution is -2.70. The normalized spacial score (nSPS) is 21.1. The van der Waals surface area contributed by atoms with E-state index < -0.39 is 29.8 Å². The highest BCUT2D eigenvalue weighted by Gasteiger charge is 2.47. The molecule has 0 aromatic heterocycles. The Labute approximate surface area is 180 Å². The van der Waals surface area contributed by atoms with Gasteiger partial charge in [0.2, 0.25) is 11.8 Å². The van der Waals surface area contributed by atoms with Crippen LogP contribution in [0.3, 0.4) is 0 Å². The van der Waals surface area contributed by atoms with E-state index in [1.807, 2.05) is 30.3 Å². The molecule has 2 heterocycles. The number of urea groups is 1. The Morgan fingerprint density at radius 3 is 2.61 bits per heavy atom. The summed E-state index contributed by atoms with van der Waals surface area (Å²) in [6.45, 7) is 0.673. The predicted molar refractivity (Wildman–Crippen MR) is 114 cm³/mol. The monoisotopic (exact) mass is 424 g/mol. The minimum atomic E-state index is -0.544. The summed E-state index contributed by atoms with van der Waals surface area (Å²) in [6, 6.07) is 14.1. The molecule has 0 aliphatic carbocycles. The summed E-state index contributed by atoms with van der Waals surface area (Å²) < 4.78 is 13.9. The van der Waals surface area contributed by atoms with Crippen LogP contribution >= 0.6 is 0 Å². The molecular formula is C23H25FN4O3. The molecule has 2 aliphatic rings. The average Bonchev–Trinajstić information content (AvgIpc) is 2.79. The number of hydrogen-bond acceptors (Lipinski definition) is 4. The van der Waals surface area contributed by atoms with Gasteiger partial charge in [0.25, 0.3) is 0 Å². The molecule has 4 rings (SSSR count). The molecule has 0 bridgehead atoms. The number of hydrogen-bond donors (Lipinski definition) is 2. The van der Waals surface area contributed by atoms with Crippen molar-refractivity contribution >= 4 is 23.5 Å². The first kappa shape index (κ1) is 21.0. The van der Waals surface area contributed by atoms with Crippen molar-refractivity contribution in [2.24, 2.45) is 0 Å². The molecule has 0 radical (unpaired) electrons. The van der Waals surface area contributed by atoms with Crippen LogP contribution in [-0.2, 0) is 16.0 Å². The van der Waals surface area contributed by atoms with Crippen molar-refractivity contribution in [2.75, 3.05) is 25.0 Å². The van der Waals surface area contributed by atoms with Crippen LogP contribution in [0.2, 0.25) is 0 Å². The second-order valence-electron chi connectivity index (χ2n) is 7.81. The summed E-state index contributed by atoms with van der Waals surface area (Å²) in [5, 5.41) is 5.73. The molecule has 2 unspecified atom stereocenters. The van der Waals surface area contributed by atoms with Crippen molar-refractivity contribution in [3.05, 3.63) is 66.0 Å². The SMILES string of the molecule is O=C(CN1C(=O)N(CCc2ccccc2)C(=O)C2NCCCC21)Nc1ccccc1F. The average molecular weight is 424 g/mol. The van der Waals surface area contributed by atoms with Gasteiger partial charge in [0.1, 0.15) is 18.4 Å². The Balaban J connectivity index is 1.50. The Morgan fingerprint density at radius 1 is 1.10 bits per heavy atom. The summed E-state index contributed by atoms with van der Waals surface area (Å²) in [5.41, 5.74) is 1.08. The summed E-state index contributed by atoms with van der Waals surface area (Å²) in [5.74, 6) is -1.30. The largest absolute Gasteiger partial charge is 0.327 e. The Bertz CT molecular complexity index is 968. The molecule has 4 amide bonds. The van der Waals surface area contributed by atoms with Crippen LogP contribution in [-0.4, -0.2) is 59.4 Å². The summed E-state index contributed by atoms with van der Waals surface area (Å²) >= 11 is 0. The first-order valence-electron chi connectivity index (χ1n) is 10.5. The molecule has 2 aliphatic heterocycles. The molecular weight excluding hydrogens is 399 g/mol. The lowest BCUT2D eigenvalue weighted by molar-refractivity contribution is -0.138. The minimum Gasteiger partial charge on any atom is -0.322 e. The molecule has 8 heteroatoms. The number of nitrogens with zero attached hydrogens (tertiary/aromatic N) is 2. The number of imide groups is 1. The van der Waals surface area contributed by atoms with Gasteiger partial charge in [0, 0.05) is 6.54 Å². The van der Waals surface area contributed by atoms with Crippen LogP contribution in [0.15, 0.2) is 54.6 Å². The van der Waals surface area contributed by atoms with E-state index in [-0.39, 0.29) is 24.7 Å². The van der Waals surface area contributed by atoms with Gasteiger partial charge in [0.05, 0.1) is 11.7 Å². The van der Waals surface area contributed by atoms with Crippen molar-refractivity contribution in [3.63, 3.8) is 0 Å². The molecule has 2 fully saturated rings. The zero-order valence-corrected chi connectivity index (χ0v) is 17.1. The molecule has 7 nitrogen and oxygen atoms in total. The predicted octanol–water partition coefficient (Wildman–Crippen LogP) is 2.39. The maximum absolute atomic E-state index is 13.9. The molecule has 31 heavy (non-hydrogen) atoms. The quantitative estimate of drug-likeness (QED) is 0.746. The second-order valence-corrected chi connectivity index (χ2v) is 7.81. The van der Waals surface area contributed by atoms with Crippen LogP contribution < -0.4 is 10.6 Å². The Morgan fingerprint density at radius 2 is 1.84 bits per heavy atom. The van der Waals surface area contributed by atoms with Crippen LogP contribution in [0.4, 0.5) is 14.9 Å². The zero-order chi connectivity index (χ0) is 21.8. The fraction of sp³-hybridized carbons (Fsp3) is 0.348. The maximum Gasteiger partial charge on any atom is 0.327 e. The van der Waals surface area contributed by atoms with Crippen molar-refractivity contribution in [3.8, 4) is 0 Å². The van der Waals surface area contributed by atoms with Gasteiger partial charge in [-0.2, -0.15) is 0 Å². The number of halogens is 1. The second kappa shape index (κ2) is 9.26. The first-order valence-corrected chi connectivity index (χ1v) is 10.5. The van der Waals surface area contributed by atoms with E-state index in [2.05, 4.69) is 10.6 Å². The minimum absolute atomic E-state index is 0.0623. The number of carbonyl (C=O) groups excluding carboxylic acids is 3. The first-order chi connectivity index (χ1) is 15.0. The van der Waals surface area contributed by atoms with Crippen LogP contribution in [0.25, 0.3) is 0 Å². The van der Waals surface area contributed by atoms with Gasteiger partial charge >= 0.3 is 6.03 Å². The van der Waals surface area contributed by atoms with Gasteiger partial charge < -0.3 is 15.5 Å². The molecule has 2 N–H and O–H groups in total. The molecule has 2 atom stereocenters. The number of rotatable bonds is 6. The number of amides is 4. The smallest absolute Gasteiger partial charge is 0.322 e. The van der Waals surface area contributed by atoms with Crippen LogP contribution in [0.5, 0.6) is 0 Å². The van der Waals surface area contributed by atoms with Gasteiger partial charge in [-0.3, -0.25) is 14.5 Å². The Kier molecular flexibility index (Phi) is 6.27. The van der Waals surface area contributed by atoms with E-state index in [1.165, 1.54) is 28.0 Å². The van der Waals surface area contributed by atoms with Gasteiger partial charge in [-0.25, -0.2) is 9.18 Å². The van der Waals surface area contributed by atoms with Gasteiger partial charge in [-0.15, -0.1) is 0 Å². The van der Waals surface area contributed by atoms with E-state index in [0.29, 0.717) is 19.4 Å². The number of anilines is 1. The number of carbonyl (C=O) groups is 3. The summed E-state index contributed by atoms with van der Waals surface area (Å²) in [6.07, 6.45) is 1.97. The van der Waals surface area contributed by atoms with Crippen molar-refractivity contribution in [1.29, 1.82) is 0 Å². The van der Waals surface area contributed by atoms with E-state index in [9.17, 15) is 18.8 Å². The fourth-order valence-electron chi connectivity index (χ4n) is 4.20. The van der Waals surface area contributed by atoms with E-state index in [4.69, 9.17) is 0 Å². The highest BCUT2D eigenvalue weighted by atomic mass is 19.1. The van der Waals surface area contributed by atoms with Crippen LogP contribution in [0, 0.1) is 5.82 Å².